The van der Waals surface area contributed by atoms with E-state index in [-0.39, 0.29) is 12.3 Å². The molecule has 12 nitrogen and oxygen atoms in total. The number of alkyl halides is 2. The van der Waals surface area contributed by atoms with Crippen LogP contribution in [-0.2, 0) is 18.6 Å². The smallest absolute Gasteiger partial charge is 0.413 e. The minimum absolute atomic E-state index is 0.178. The van der Waals surface area contributed by atoms with Crippen LogP contribution in [0.2, 0.25) is 0 Å². The van der Waals surface area contributed by atoms with Crippen LogP contribution in [0.5, 0.6) is 5.75 Å². The van der Waals surface area contributed by atoms with E-state index in [1.54, 1.807) is 51.1 Å². The fraction of sp³-hybridized carbons (Fsp3) is 0.600. The molecule has 0 spiro atoms. The Kier molecular flexibility index (Phi) is 9.46. The summed E-state index contributed by atoms with van der Waals surface area (Å²) >= 11 is 6.14. The van der Waals surface area contributed by atoms with Gasteiger partial charge in [-0.3, -0.25) is 9.09 Å². The number of benzene rings is 1. The molecule has 0 radical (unpaired) electrons. The van der Waals surface area contributed by atoms with Gasteiger partial charge in [0.15, 0.2) is 30.3 Å². The lowest BCUT2D eigenvalue weighted by molar-refractivity contribution is -0.187. The van der Waals surface area contributed by atoms with Crippen molar-refractivity contribution in [1.82, 2.24) is 14.2 Å². The van der Waals surface area contributed by atoms with Crippen LogP contribution >= 0.6 is 19.3 Å². The van der Waals surface area contributed by atoms with Gasteiger partial charge < -0.3 is 29.9 Å². The largest absolute Gasteiger partial charge is 0.461 e. The first-order valence-corrected chi connectivity index (χ1v) is 14.9. The minimum atomic E-state index is -4.37. The van der Waals surface area contributed by atoms with Gasteiger partial charge in [-0.1, -0.05) is 18.2 Å². The topological polar surface area (TPSA) is 159 Å². The normalized spacial score (nSPS) is 29.4. The molecule has 228 valence electrons. The van der Waals surface area contributed by atoms with Crippen molar-refractivity contribution in [3.63, 3.8) is 0 Å². The number of anilines is 1. The van der Waals surface area contributed by atoms with E-state index < -0.39 is 79.6 Å². The Hall–Kier alpha value is -2.16. The molecule has 0 aliphatic carbocycles. The second-order valence-corrected chi connectivity index (χ2v) is 13.1. The number of nitrogens with two attached hydrogens (primary N) is 1. The highest BCUT2D eigenvalue weighted by atomic mass is 35.5. The summed E-state index contributed by atoms with van der Waals surface area (Å²) in [5, 5.41) is 21.7. The molecule has 1 aromatic heterocycles. The second kappa shape index (κ2) is 12.2. The Morgan fingerprint density at radius 1 is 1.34 bits per heavy atom. The first-order chi connectivity index (χ1) is 19.2. The Balaban J connectivity index is 1.64. The predicted molar refractivity (Wildman–Crippen MR) is 145 cm³/mol. The molecule has 3 heterocycles. The average molecular weight is 623 g/mol. The molecule has 0 bridgehead atoms. The molecule has 2 aliphatic rings. The third-order valence-electron chi connectivity index (χ3n) is 6.73. The Morgan fingerprint density at radius 2 is 2.02 bits per heavy atom. The van der Waals surface area contributed by atoms with Crippen LogP contribution in [0.15, 0.2) is 41.3 Å². The summed E-state index contributed by atoms with van der Waals surface area (Å²) in [6, 6.07) is 7.32. The number of aromatic nitrogens is 2. The first kappa shape index (κ1) is 31.8. The van der Waals surface area contributed by atoms with Crippen LogP contribution in [0.1, 0.15) is 39.8 Å². The highest BCUT2D eigenvalue weighted by Gasteiger charge is 2.58. The number of nitrogens with zero attached hydrogens (tertiary/aromatic N) is 3. The summed E-state index contributed by atoms with van der Waals surface area (Å²) in [6.07, 6.45) is -5.96. The molecular weight excluding hydrogens is 589 g/mol. The summed E-state index contributed by atoms with van der Waals surface area (Å²) in [4.78, 5) is 15.6. The summed E-state index contributed by atoms with van der Waals surface area (Å²) in [5.74, 6) is -2.19. The highest BCUT2D eigenvalue weighted by molar-refractivity contribution is 7.51. The van der Waals surface area contributed by atoms with Crippen LogP contribution in [0.3, 0.4) is 0 Å². The van der Waals surface area contributed by atoms with Crippen molar-refractivity contribution in [2.75, 3.05) is 24.8 Å². The first-order valence-electron chi connectivity index (χ1n) is 12.9. The lowest BCUT2D eigenvalue weighted by Gasteiger charge is -2.37. The number of rotatable bonds is 10. The van der Waals surface area contributed by atoms with E-state index in [2.05, 4.69) is 4.98 Å². The molecule has 2 fully saturated rings. The molecule has 7 atom stereocenters. The minimum Gasteiger partial charge on any atom is -0.413 e. The summed E-state index contributed by atoms with van der Waals surface area (Å²) in [7, 11) is -4.37. The number of ether oxygens (including phenoxy) is 2. The molecule has 41 heavy (non-hydrogen) atoms. The summed E-state index contributed by atoms with van der Waals surface area (Å²) < 4.78 is 68.9. The lowest BCUT2D eigenvalue weighted by atomic mass is 9.99. The summed E-state index contributed by atoms with van der Waals surface area (Å²) in [5.41, 5.74) is 1.42. The number of hydrogen-bond acceptors (Lipinski definition) is 10. The molecule has 2 aromatic rings. The lowest BCUT2D eigenvalue weighted by Crippen LogP contribution is -2.49. The van der Waals surface area contributed by atoms with Gasteiger partial charge >= 0.3 is 13.4 Å². The van der Waals surface area contributed by atoms with E-state index in [0.717, 1.165) is 0 Å². The van der Waals surface area contributed by atoms with Gasteiger partial charge in [-0.25, -0.2) is 18.1 Å². The van der Waals surface area contributed by atoms with Crippen molar-refractivity contribution in [2.24, 2.45) is 0 Å². The molecule has 2 aliphatic heterocycles. The Bertz CT molecular complexity index is 1320. The third kappa shape index (κ3) is 6.75. The van der Waals surface area contributed by atoms with Gasteiger partial charge in [-0.2, -0.15) is 9.65 Å². The van der Waals surface area contributed by atoms with Gasteiger partial charge in [-0.05, 0) is 45.7 Å². The molecule has 4 rings (SSSR count). The maximum atomic E-state index is 15.4. The van der Waals surface area contributed by atoms with E-state index >= 15 is 4.39 Å². The predicted octanol–water partition coefficient (Wildman–Crippen LogP) is 2.97. The van der Waals surface area contributed by atoms with E-state index in [9.17, 15) is 24.0 Å². The van der Waals surface area contributed by atoms with E-state index in [1.165, 1.54) is 4.67 Å². The van der Waals surface area contributed by atoms with Crippen LogP contribution < -0.4 is 15.9 Å². The zero-order chi connectivity index (χ0) is 30.2. The van der Waals surface area contributed by atoms with Gasteiger partial charge in [0.1, 0.15) is 17.5 Å². The molecule has 1 aromatic carbocycles. The van der Waals surface area contributed by atoms with Crippen LogP contribution in [-0.4, -0.2) is 79.3 Å². The Morgan fingerprint density at radius 3 is 2.66 bits per heavy atom. The molecule has 16 heteroatoms. The number of hydrogen-bond donors (Lipinski definition) is 3. The standard InChI is InChI=1S/C25H34ClF2N4O8P/c1-24(2,3)39-22(34)17-10-7-11-32(17)41(36,40-15-8-5-4-6-9-15)37-14-25(13-26)19(33)18(28)21(38-25)31-12-16(27)20(29)30-23(31)35/h4-6,8-9,12,17-19,21-22,33-34H,7,10-11,13-14H2,1-3H3,(H2,29,30,35)/t17-,18-,19-,21+,22?,25+,41?/m0/s1. The van der Waals surface area contributed by atoms with Gasteiger partial charge in [0, 0.05) is 6.54 Å². The number of halogens is 3. The molecule has 2 unspecified atom stereocenters. The van der Waals surface area contributed by atoms with Crippen molar-refractivity contribution in [2.45, 2.75) is 75.7 Å². The number of para-hydroxylation sites is 1. The van der Waals surface area contributed by atoms with Crippen LogP contribution in [0, 0.1) is 5.82 Å². The molecule has 2 saturated heterocycles. The third-order valence-corrected chi connectivity index (χ3v) is 9.20. The molecule has 0 amide bonds. The van der Waals surface area contributed by atoms with Gasteiger partial charge in [0.2, 0.25) is 0 Å². The number of aliphatic hydroxyl groups excluding tert-OH is 2. The maximum Gasteiger partial charge on any atom is 0.461 e. The van der Waals surface area contributed by atoms with Crippen molar-refractivity contribution in [1.29, 1.82) is 0 Å². The fourth-order valence-corrected chi connectivity index (χ4v) is 7.06. The van der Waals surface area contributed by atoms with Crippen molar-refractivity contribution < 1.29 is 42.1 Å². The van der Waals surface area contributed by atoms with E-state index in [4.69, 9.17) is 35.9 Å². The molecule has 0 saturated carbocycles. The number of nitrogen functional groups attached to an aromatic ring is 1. The maximum absolute atomic E-state index is 15.4. The van der Waals surface area contributed by atoms with Crippen LogP contribution in [0.25, 0.3) is 0 Å². The monoisotopic (exact) mass is 622 g/mol. The van der Waals surface area contributed by atoms with Gasteiger partial charge in [0.25, 0.3) is 0 Å². The average Bonchev–Trinajstić information content (AvgIpc) is 3.50. The van der Waals surface area contributed by atoms with Crippen molar-refractivity contribution >= 4 is 25.2 Å². The molecular formula is C25H34ClF2N4O8P. The highest BCUT2D eigenvalue weighted by Crippen LogP contribution is 2.57. The zero-order valence-electron chi connectivity index (χ0n) is 22.7. The van der Waals surface area contributed by atoms with Crippen molar-refractivity contribution in [3.05, 3.63) is 52.8 Å². The zero-order valence-corrected chi connectivity index (χ0v) is 24.4. The fourth-order valence-electron chi connectivity index (χ4n) is 4.71. The second-order valence-electron chi connectivity index (χ2n) is 10.9. The van der Waals surface area contributed by atoms with E-state index in [0.29, 0.717) is 23.6 Å². The number of aliphatic hydroxyl groups is 2. The quantitative estimate of drug-likeness (QED) is 0.203. The summed E-state index contributed by atoms with van der Waals surface area (Å²) in [6.45, 7) is 4.70. The van der Waals surface area contributed by atoms with Gasteiger partial charge in [0.05, 0.1) is 30.3 Å². The SMILES string of the molecule is CC(C)(C)OC(O)[C@@H]1CCCN1P(=O)(OC[C@@]1(CCl)O[C@@H](n2cc(F)c(N)nc2=O)[C@@H](F)[C@@H]1O)Oc1ccccc1. The van der Waals surface area contributed by atoms with Crippen LogP contribution in [0.4, 0.5) is 14.6 Å². The van der Waals surface area contributed by atoms with E-state index in [1.807, 2.05) is 0 Å². The molecule has 4 N–H and O–H groups in total. The van der Waals surface area contributed by atoms with Gasteiger partial charge in [-0.15, -0.1) is 11.6 Å². The Labute approximate surface area is 240 Å². The van der Waals surface area contributed by atoms with Crippen molar-refractivity contribution in [3.8, 4) is 5.75 Å².